The van der Waals surface area contributed by atoms with E-state index in [2.05, 4.69) is 5.32 Å². The first-order valence-electron chi connectivity index (χ1n) is 9.72. The van der Waals surface area contributed by atoms with Crippen molar-refractivity contribution in [2.45, 2.75) is 25.8 Å². The van der Waals surface area contributed by atoms with E-state index >= 15 is 0 Å². The van der Waals surface area contributed by atoms with Gasteiger partial charge in [-0.15, -0.1) is 0 Å². The Kier molecular flexibility index (Phi) is 6.62. The van der Waals surface area contributed by atoms with Crippen molar-refractivity contribution in [1.82, 2.24) is 5.32 Å². The number of rotatable bonds is 7. The highest BCUT2D eigenvalue weighted by atomic mass is 16.5. The van der Waals surface area contributed by atoms with Gasteiger partial charge in [0.05, 0.1) is 35.0 Å². The van der Waals surface area contributed by atoms with E-state index in [9.17, 15) is 9.59 Å². The van der Waals surface area contributed by atoms with Gasteiger partial charge in [-0.05, 0) is 54.7 Å². The Bertz CT molecular complexity index is 1020. The van der Waals surface area contributed by atoms with Gasteiger partial charge in [-0.25, -0.2) is 0 Å². The summed E-state index contributed by atoms with van der Waals surface area (Å²) < 4.78 is 22.1. The zero-order chi connectivity index (χ0) is 21.8. The topological polar surface area (TPSA) is 83.1 Å². The zero-order valence-electron chi connectivity index (χ0n) is 18.0. The number of Topliss-reactive ketones (excluding diaryl/α,β-unsaturated/α-hetero) is 1. The van der Waals surface area contributed by atoms with Gasteiger partial charge in [0.25, 0.3) is 0 Å². The second kappa shape index (κ2) is 9.17. The van der Waals surface area contributed by atoms with Crippen molar-refractivity contribution in [1.29, 1.82) is 0 Å². The molecule has 0 fully saturated rings. The van der Waals surface area contributed by atoms with Crippen molar-refractivity contribution in [3.8, 4) is 34.1 Å². The first-order chi connectivity index (χ1) is 14.4. The van der Waals surface area contributed by atoms with Gasteiger partial charge in [0.1, 0.15) is 5.78 Å². The van der Waals surface area contributed by atoms with Crippen molar-refractivity contribution in [2.24, 2.45) is 0 Å². The largest absolute Gasteiger partial charge is 0.493 e. The normalized spacial score (nSPS) is 14.8. The second-order valence-electron chi connectivity index (χ2n) is 7.13. The molecule has 3 rings (SSSR count). The van der Waals surface area contributed by atoms with Gasteiger partial charge in [0.2, 0.25) is 11.2 Å². The number of carbonyl (C=O) groups is 1. The Hall–Kier alpha value is -3.06. The van der Waals surface area contributed by atoms with Gasteiger partial charge < -0.3 is 24.3 Å². The summed E-state index contributed by atoms with van der Waals surface area (Å²) in [4.78, 5) is 24.3. The molecule has 0 unspecified atom stereocenters. The number of ketones is 1. The summed E-state index contributed by atoms with van der Waals surface area (Å²) in [7, 11) is 6.19. The van der Waals surface area contributed by atoms with Crippen molar-refractivity contribution in [2.75, 3.05) is 35.0 Å². The van der Waals surface area contributed by atoms with Crippen LogP contribution in [0.5, 0.6) is 23.0 Å². The lowest BCUT2D eigenvalue weighted by molar-refractivity contribution is -0.116. The predicted molar refractivity (Wildman–Crippen MR) is 114 cm³/mol. The lowest BCUT2D eigenvalue weighted by Crippen LogP contribution is -2.27. The fraction of sp³-hybridized carbons (Fsp3) is 0.391. The lowest BCUT2D eigenvalue weighted by atomic mass is 9.95. The number of hydrogen-bond donors (Lipinski definition) is 1. The maximum absolute atomic E-state index is 12.7. The molecule has 0 amide bonds. The van der Waals surface area contributed by atoms with Crippen LogP contribution in [0.2, 0.25) is 0 Å². The first-order valence-corrected chi connectivity index (χ1v) is 9.72. The quantitative estimate of drug-likeness (QED) is 0.747. The molecule has 1 N–H and O–H groups in total. The minimum absolute atomic E-state index is 0.0273. The number of aryl methyl sites for hydroxylation is 1. The van der Waals surface area contributed by atoms with Gasteiger partial charge in [-0.3, -0.25) is 9.59 Å². The molecule has 1 atom stereocenters. The standard InChI is InChI=1S/C23H27NO6/c1-13(25)12-24-17-8-6-14-10-20(28-3)22(29-4)23(30-5)21(14)15-7-9-19(27-2)18(26)11-16(15)17/h7,9-11,17,24H,6,8,12H2,1-5H3/t17-/m0/s1. The molecular weight excluding hydrogens is 386 g/mol. The van der Waals surface area contributed by atoms with Gasteiger partial charge in [0.15, 0.2) is 17.2 Å². The number of benzene rings is 1. The molecule has 0 spiro atoms. The van der Waals surface area contributed by atoms with E-state index in [1.54, 1.807) is 33.5 Å². The SMILES string of the molecule is COc1cc2c(c(OC)c1OC)-c1ccc(OC)c(=O)cc1[C@@H](NCC(C)=O)CC2. The number of hydrogen-bond acceptors (Lipinski definition) is 7. The van der Waals surface area contributed by atoms with E-state index in [1.165, 1.54) is 14.0 Å². The molecule has 0 aromatic heterocycles. The molecule has 0 saturated heterocycles. The highest BCUT2D eigenvalue weighted by Crippen LogP contribution is 2.50. The Morgan fingerprint density at radius 3 is 2.30 bits per heavy atom. The van der Waals surface area contributed by atoms with E-state index in [4.69, 9.17) is 18.9 Å². The fourth-order valence-corrected chi connectivity index (χ4v) is 3.95. The summed E-state index contributed by atoms with van der Waals surface area (Å²) in [6, 6.07) is 6.85. The van der Waals surface area contributed by atoms with Crippen LogP contribution in [0.15, 0.2) is 29.1 Å². The van der Waals surface area contributed by atoms with E-state index in [0.717, 1.165) is 22.3 Å². The maximum Gasteiger partial charge on any atom is 0.220 e. The molecule has 2 aromatic rings. The van der Waals surface area contributed by atoms with E-state index in [-0.39, 0.29) is 29.5 Å². The highest BCUT2D eigenvalue weighted by molar-refractivity contribution is 5.83. The molecule has 1 aliphatic carbocycles. The van der Waals surface area contributed by atoms with Gasteiger partial charge in [-0.2, -0.15) is 0 Å². The monoisotopic (exact) mass is 413 g/mol. The molecule has 2 aromatic carbocycles. The summed E-state index contributed by atoms with van der Waals surface area (Å²) >= 11 is 0. The summed E-state index contributed by atoms with van der Waals surface area (Å²) in [5.41, 5.74) is 3.23. The second-order valence-corrected chi connectivity index (χ2v) is 7.13. The van der Waals surface area contributed by atoms with E-state index < -0.39 is 0 Å². The fourth-order valence-electron chi connectivity index (χ4n) is 3.95. The third-order valence-corrected chi connectivity index (χ3v) is 5.32. The Labute approximate surface area is 175 Å². The lowest BCUT2D eigenvalue weighted by Gasteiger charge is -2.19. The Morgan fingerprint density at radius 1 is 1.00 bits per heavy atom. The average molecular weight is 413 g/mol. The van der Waals surface area contributed by atoms with Crippen LogP contribution in [0.3, 0.4) is 0 Å². The first kappa shape index (κ1) is 21.6. The molecular formula is C23H27NO6. The third kappa shape index (κ3) is 3.98. The van der Waals surface area contributed by atoms with Crippen LogP contribution in [0, 0.1) is 0 Å². The summed E-state index contributed by atoms with van der Waals surface area (Å²) in [6.45, 7) is 1.75. The van der Waals surface area contributed by atoms with Gasteiger partial charge in [-0.1, -0.05) is 6.07 Å². The zero-order valence-corrected chi connectivity index (χ0v) is 18.0. The number of nitrogens with one attached hydrogen (secondary N) is 1. The van der Waals surface area contributed by atoms with Crippen LogP contribution >= 0.6 is 0 Å². The van der Waals surface area contributed by atoms with Crippen LogP contribution in [-0.4, -0.2) is 40.8 Å². The van der Waals surface area contributed by atoms with Crippen LogP contribution in [0.4, 0.5) is 0 Å². The predicted octanol–water partition coefficient (Wildman–Crippen LogP) is 2.91. The smallest absolute Gasteiger partial charge is 0.220 e. The Morgan fingerprint density at radius 2 is 1.70 bits per heavy atom. The molecule has 7 nitrogen and oxygen atoms in total. The summed E-state index contributed by atoms with van der Waals surface area (Å²) in [5, 5.41) is 3.29. The number of carbonyl (C=O) groups excluding carboxylic acids is 1. The molecule has 0 aliphatic heterocycles. The van der Waals surface area contributed by atoms with Gasteiger partial charge >= 0.3 is 0 Å². The van der Waals surface area contributed by atoms with Crippen LogP contribution in [0.25, 0.3) is 11.1 Å². The molecule has 160 valence electrons. The number of fused-ring (bicyclic) bond motifs is 3. The van der Waals surface area contributed by atoms with Gasteiger partial charge in [0, 0.05) is 11.6 Å². The van der Waals surface area contributed by atoms with Crippen molar-refractivity contribution in [3.63, 3.8) is 0 Å². The minimum atomic E-state index is -0.226. The summed E-state index contributed by atoms with van der Waals surface area (Å²) in [6.07, 6.45) is 1.39. The van der Waals surface area contributed by atoms with Crippen molar-refractivity contribution >= 4 is 5.78 Å². The Balaban J connectivity index is 2.35. The molecule has 0 radical (unpaired) electrons. The minimum Gasteiger partial charge on any atom is -0.493 e. The molecule has 7 heteroatoms. The van der Waals surface area contributed by atoms with Crippen LogP contribution in [0.1, 0.15) is 30.5 Å². The maximum atomic E-state index is 12.7. The van der Waals surface area contributed by atoms with Crippen LogP contribution in [-0.2, 0) is 11.2 Å². The molecule has 0 heterocycles. The van der Waals surface area contributed by atoms with E-state index in [1.807, 2.05) is 12.1 Å². The average Bonchev–Trinajstić information content (AvgIpc) is 2.98. The number of methoxy groups -OCH3 is 4. The van der Waals surface area contributed by atoms with Crippen molar-refractivity contribution < 1.29 is 23.7 Å². The summed E-state index contributed by atoms with van der Waals surface area (Å²) in [5.74, 6) is 1.87. The molecule has 0 saturated carbocycles. The highest BCUT2D eigenvalue weighted by Gasteiger charge is 2.29. The van der Waals surface area contributed by atoms with E-state index in [0.29, 0.717) is 30.1 Å². The molecule has 1 aliphatic rings. The third-order valence-electron chi connectivity index (χ3n) is 5.32. The van der Waals surface area contributed by atoms with Crippen LogP contribution < -0.4 is 29.7 Å². The molecule has 30 heavy (non-hydrogen) atoms. The molecule has 0 bridgehead atoms. The van der Waals surface area contributed by atoms with Crippen molar-refractivity contribution in [3.05, 3.63) is 45.6 Å². The number of ether oxygens (including phenoxy) is 4.